The highest BCUT2D eigenvalue weighted by molar-refractivity contribution is 9.11. The summed E-state index contributed by atoms with van der Waals surface area (Å²) >= 11 is 5.18. The Morgan fingerprint density at radius 3 is 2.78 bits per heavy atom. The SMILES string of the molecule is C[C@@H](N)c1ccc(N(C)Cc2csc(Br)c2)nc1. The highest BCUT2D eigenvalue weighted by Gasteiger charge is 2.06. The lowest BCUT2D eigenvalue weighted by atomic mass is 10.1. The Balaban J connectivity index is 2.06. The predicted molar refractivity (Wildman–Crippen MR) is 81.0 cm³/mol. The second-order valence-electron chi connectivity index (χ2n) is 4.35. The first-order chi connectivity index (χ1) is 8.56. The molecule has 18 heavy (non-hydrogen) atoms. The lowest BCUT2D eigenvalue weighted by Crippen LogP contribution is -2.17. The number of halogens is 1. The number of nitrogens with two attached hydrogens (primary N) is 1. The van der Waals surface area contributed by atoms with Crippen LogP contribution in [0.4, 0.5) is 5.82 Å². The molecular formula is C13H16BrN3S. The smallest absolute Gasteiger partial charge is 0.128 e. The van der Waals surface area contributed by atoms with E-state index >= 15 is 0 Å². The standard InChI is InChI=1S/C13H16BrN3S/c1-9(15)11-3-4-13(16-6-11)17(2)7-10-5-12(14)18-8-10/h3-6,8-9H,7,15H2,1-2H3/t9-/m1/s1. The van der Waals surface area contributed by atoms with Crippen molar-refractivity contribution >= 4 is 33.1 Å². The number of thiophene rings is 1. The van der Waals surface area contributed by atoms with Gasteiger partial charge in [0.15, 0.2) is 0 Å². The first-order valence-electron chi connectivity index (χ1n) is 5.72. The molecule has 2 aromatic heterocycles. The van der Waals surface area contributed by atoms with Crippen molar-refractivity contribution in [1.29, 1.82) is 0 Å². The van der Waals surface area contributed by atoms with Crippen molar-refractivity contribution in [3.8, 4) is 0 Å². The highest BCUT2D eigenvalue weighted by Crippen LogP contribution is 2.23. The monoisotopic (exact) mass is 325 g/mol. The van der Waals surface area contributed by atoms with Crippen molar-refractivity contribution in [2.24, 2.45) is 5.73 Å². The minimum atomic E-state index is 0.0321. The maximum absolute atomic E-state index is 5.81. The number of rotatable bonds is 4. The summed E-state index contributed by atoms with van der Waals surface area (Å²) in [6.07, 6.45) is 1.85. The molecule has 0 saturated carbocycles. The number of aromatic nitrogens is 1. The van der Waals surface area contributed by atoms with E-state index in [1.54, 1.807) is 11.3 Å². The third-order valence-electron chi connectivity index (χ3n) is 2.73. The fraction of sp³-hybridized carbons (Fsp3) is 0.308. The van der Waals surface area contributed by atoms with Crippen molar-refractivity contribution in [2.75, 3.05) is 11.9 Å². The summed E-state index contributed by atoms with van der Waals surface area (Å²) in [6, 6.07) is 6.22. The minimum Gasteiger partial charge on any atom is -0.355 e. The average Bonchev–Trinajstić information content (AvgIpc) is 2.75. The van der Waals surface area contributed by atoms with Crippen molar-refractivity contribution in [2.45, 2.75) is 19.5 Å². The molecule has 5 heteroatoms. The zero-order valence-electron chi connectivity index (χ0n) is 10.4. The summed E-state index contributed by atoms with van der Waals surface area (Å²) in [5.41, 5.74) is 8.15. The molecule has 0 fully saturated rings. The molecule has 3 nitrogen and oxygen atoms in total. The Hall–Kier alpha value is -0.910. The van der Waals surface area contributed by atoms with E-state index in [9.17, 15) is 0 Å². The summed E-state index contributed by atoms with van der Waals surface area (Å²) < 4.78 is 1.16. The molecule has 0 aromatic carbocycles. The molecule has 0 aliphatic heterocycles. The predicted octanol–water partition coefficient (Wildman–Crippen LogP) is 3.56. The van der Waals surface area contributed by atoms with Crippen LogP contribution in [-0.4, -0.2) is 12.0 Å². The minimum absolute atomic E-state index is 0.0321. The van der Waals surface area contributed by atoms with E-state index in [0.29, 0.717) is 0 Å². The van der Waals surface area contributed by atoms with Crippen LogP contribution in [0.15, 0.2) is 33.6 Å². The Bertz CT molecular complexity index is 507. The zero-order valence-corrected chi connectivity index (χ0v) is 12.8. The van der Waals surface area contributed by atoms with Crippen LogP contribution < -0.4 is 10.6 Å². The van der Waals surface area contributed by atoms with Crippen LogP contribution in [0.5, 0.6) is 0 Å². The third kappa shape index (κ3) is 3.31. The van der Waals surface area contributed by atoms with Gasteiger partial charge in [0, 0.05) is 25.8 Å². The van der Waals surface area contributed by atoms with Gasteiger partial charge in [-0.05, 0) is 51.5 Å². The largest absolute Gasteiger partial charge is 0.355 e. The van der Waals surface area contributed by atoms with Crippen LogP contribution in [0.3, 0.4) is 0 Å². The molecule has 96 valence electrons. The molecule has 0 aliphatic rings. The zero-order chi connectivity index (χ0) is 13.1. The van der Waals surface area contributed by atoms with Gasteiger partial charge in [-0.15, -0.1) is 11.3 Å². The Kier molecular flexibility index (Phi) is 4.37. The molecule has 2 heterocycles. The molecule has 0 bridgehead atoms. The Labute approximate surface area is 120 Å². The van der Waals surface area contributed by atoms with E-state index in [0.717, 1.165) is 21.7 Å². The molecule has 0 spiro atoms. The van der Waals surface area contributed by atoms with Gasteiger partial charge >= 0.3 is 0 Å². The maximum atomic E-state index is 5.81. The number of pyridine rings is 1. The normalized spacial score (nSPS) is 12.4. The van der Waals surface area contributed by atoms with Crippen LogP contribution >= 0.6 is 27.3 Å². The van der Waals surface area contributed by atoms with Gasteiger partial charge in [-0.1, -0.05) is 6.07 Å². The molecule has 0 aliphatic carbocycles. The second-order valence-corrected chi connectivity index (χ2v) is 6.64. The average molecular weight is 326 g/mol. The molecule has 0 amide bonds. The van der Waals surface area contributed by atoms with Crippen LogP contribution in [0.1, 0.15) is 24.1 Å². The van der Waals surface area contributed by atoms with Gasteiger partial charge in [0.2, 0.25) is 0 Å². The molecular weight excluding hydrogens is 310 g/mol. The van der Waals surface area contributed by atoms with Crippen molar-refractivity contribution < 1.29 is 0 Å². The van der Waals surface area contributed by atoms with Crippen molar-refractivity contribution in [3.63, 3.8) is 0 Å². The molecule has 1 atom stereocenters. The molecule has 0 radical (unpaired) electrons. The summed E-state index contributed by atoms with van der Waals surface area (Å²) in [5.74, 6) is 0.960. The first-order valence-corrected chi connectivity index (χ1v) is 7.39. The molecule has 2 aromatic rings. The van der Waals surface area contributed by atoms with Crippen LogP contribution in [-0.2, 0) is 6.54 Å². The van der Waals surface area contributed by atoms with E-state index in [-0.39, 0.29) is 6.04 Å². The Morgan fingerprint density at radius 1 is 1.50 bits per heavy atom. The lowest BCUT2D eigenvalue weighted by molar-refractivity contribution is 0.807. The summed E-state index contributed by atoms with van der Waals surface area (Å²) in [7, 11) is 2.04. The molecule has 0 saturated heterocycles. The van der Waals surface area contributed by atoms with E-state index in [2.05, 4.69) is 37.3 Å². The number of hydrogen-bond donors (Lipinski definition) is 1. The fourth-order valence-electron chi connectivity index (χ4n) is 1.68. The van der Waals surface area contributed by atoms with Gasteiger partial charge in [-0.3, -0.25) is 0 Å². The van der Waals surface area contributed by atoms with Gasteiger partial charge in [0.05, 0.1) is 3.79 Å². The quantitative estimate of drug-likeness (QED) is 0.934. The summed E-state index contributed by atoms with van der Waals surface area (Å²) in [6.45, 7) is 2.82. The van der Waals surface area contributed by atoms with Gasteiger partial charge in [-0.25, -0.2) is 4.98 Å². The van der Waals surface area contributed by atoms with Crippen LogP contribution in [0.25, 0.3) is 0 Å². The van der Waals surface area contributed by atoms with E-state index in [1.807, 2.05) is 32.3 Å². The van der Waals surface area contributed by atoms with E-state index < -0.39 is 0 Å². The van der Waals surface area contributed by atoms with Gasteiger partial charge in [0.1, 0.15) is 5.82 Å². The number of hydrogen-bond acceptors (Lipinski definition) is 4. The summed E-state index contributed by atoms with van der Waals surface area (Å²) in [4.78, 5) is 6.56. The Morgan fingerprint density at radius 2 is 2.28 bits per heavy atom. The number of nitrogens with zero attached hydrogens (tertiary/aromatic N) is 2. The second kappa shape index (κ2) is 5.82. The molecule has 2 N–H and O–H groups in total. The fourth-order valence-corrected chi connectivity index (χ4v) is 2.88. The van der Waals surface area contributed by atoms with E-state index in [1.165, 1.54) is 5.56 Å². The highest BCUT2D eigenvalue weighted by atomic mass is 79.9. The van der Waals surface area contributed by atoms with Crippen LogP contribution in [0.2, 0.25) is 0 Å². The topological polar surface area (TPSA) is 42.1 Å². The van der Waals surface area contributed by atoms with Gasteiger partial charge in [-0.2, -0.15) is 0 Å². The lowest BCUT2D eigenvalue weighted by Gasteiger charge is -2.18. The van der Waals surface area contributed by atoms with Crippen LogP contribution in [0, 0.1) is 0 Å². The van der Waals surface area contributed by atoms with Gasteiger partial charge in [0.25, 0.3) is 0 Å². The molecule has 0 unspecified atom stereocenters. The first kappa shape index (κ1) is 13.5. The third-order valence-corrected chi connectivity index (χ3v) is 4.28. The van der Waals surface area contributed by atoms with E-state index in [4.69, 9.17) is 5.73 Å². The van der Waals surface area contributed by atoms with Crippen molar-refractivity contribution in [3.05, 3.63) is 44.7 Å². The molecule has 2 rings (SSSR count). The van der Waals surface area contributed by atoms with Crippen molar-refractivity contribution in [1.82, 2.24) is 4.98 Å². The maximum Gasteiger partial charge on any atom is 0.128 e. The summed E-state index contributed by atoms with van der Waals surface area (Å²) in [5, 5.41) is 2.15. The van der Waals surface area contributed by atoms with Gasteiger partial charge < -0.3 is 10.6 Å². The number of anilines is 1.